The lowest BCUT2D eigenvalue weighted by Gasteiger charge is -2.15. The first-order valence-electron chi connectivity index (χ1n) is 5.91. The zero-order valence-electron chi connectivity index (χ0n) is 10.1. The van der Waals surface area contributed by atoms with E-state index < -0.39 is 29.7 Å². The molecular formula is C13H14FNO4. The van der Waals surface area contributed by atoms with Crippen LogP contribution in [0.4, 0.5) is 4.39 Å². The number of carbonyl (C=O) groups is 2. The highest BCUT2D eigenvalue weighted by molar-refractivity contribution is 5.80. The van der Waals surface area contributed by atoms with Crippen LogP contribution in [0.3, 0.4) is 0 Å². The van der Waals surface area contributed by atoms with Gasteiger partial charge in [0.1, 0.15) is 11.7 Å². The molecule has 6 heteroatoms. The average Bonchev–Trinajstić information content (AvgIpc) is 2.80. The van der Waals surface area contributed by atoms with Crippen LogP contribution in [0.25, 0.3) is 0 Å². The van der Waals surface area contributed by atoms with Crippen LogP contribution in [-0.4, -0.2) is 36.2 Å². The summed E-state index contributed by atoms with van der Waals surface area (Å²) in [4.78, 5) is 22.7. The van der Waals surface area contributed by atoms with Gasteiger partial charge in [-0.3, -0.25) is 9.59 Å². The standard InChI is InChI=1S/C13H14FNO4/c14-10-4-2-1-3-8(10)5-12(16)15-11-7-19-6-9(11)13(17)18/h1-4,9,11H,5-7H2,(H,15,16)(H,17,18). The molecule has 0 spiro atoms. The molecule has 0 aliphatic carbocycles. The van der Waals surface area contributed by atoms with E-state index in [0.717, 1.165) is 0 Å². The van der Waals surface area contributed by atoms with Gasteiger partial charge < -0.3 is 15.2 Å². The van der Waals surface area contributed by atoms with Crippen molar-refractivity contribution in [3.63, 3.8) is 0 Å². The van der Waals surface area contributed by atoms with E-state index in [1.54, 1.807) is 12.1 Å². The molecule has 2 N–H and O–H groups in total. The number of ether oxygens (including phenoxy) is 1. The van der Waals surface area contributed by atoms with Crippen molar-refractivity contribution < 1.29 is 23.8 Å². The first-order chi connectivity index (χ1) is 9.08. The van der Waals surface area contributed by atoms with Gasteiger partial charge in [0.05, 0.1) is 25.7 Å². The van der Waals surface area contributed by atoms with Crippen molar-refractivity contribution in [2.45, 2.75) is 12.5 Å². The number of halogens is 1. The molecular weight excluding hydrogens is 253 g/mol. The van der Waals surface area contributed by atoms with E-state index in [0.29, 0.717) is 0 Å². The maximum atomic E-state index is 13.4. The Labute approximate surface area is 109 Å². The van der Waals surface area contributed by atoms with Crippen molar-refractivity contribution in [2.75, 3.05) is 13.2 Å². The van der Waals surface area contributed by atoms with Gasteiger partial charge in [-0.2, -0.15) is 0 Å². The summed E-state index contributed by atoms with van der Waals surface area (Å²) in [7, 11) is 0. The highest BCUT2D eigenvalue weighted by atomic mass is 19.1. The second-order valence-corrected chi connectivity index (χ2v) is 4.42. The smallest absolute Gasteiger partial charge is 0.311 e. The van der Waals surface area contributed by atoms with Gasteiger partial charge in [0.15, 0.2) is 0 Å². The van der Waals surface area contributed by atoms with Crippen molar-refractivity contribution in [3.8, 4) is 0 Å². The fraction of sp³-hybridized carbons (Fsp3) is 0.385. The number of benzene rings is 1. The number of amides is 1. The Bertz CT molecular complexity index is 491. The number of nitrogens with one attached hydrogen (secondary N) is 1. The van der Waals surface area contributed by atoms with Crippen LogP contribution >= 0.6 is 0 Å². The van der Waals surface area contributed by atoms with E-state index in [2.05, 4.69) is 5.32 Å². The summed E-state index contributed by atoms with van der Waals surface area (Å²) in [6.45, 7) is 0.250. The quantitative estimate of drug-likeness (QED) is 0.837. The van der Waals surface area contributed by atoms with E-state index in [1.165, 1.54) is 12.1 Å². The van der Waals surface area contributed by atoms with Gasteiger partial charge in [-0.15, -0.1) is 0 Å². The van der Waals surface area contributed by atoms with Gasteiger partial charge in [-0.25, -0.2) is 4.39 Å². The third kappa shape index (κ3) is 3.29. The van der Waals surface area contributed by atoms with E-state index in [1.807, 2.05) is 0 Å². The molecule has 19 heavy (non-hydrogen) atoms. The predicted octanol–water partition coefficient (Wildman–Crippen LogP) is 0.584. The molecule has 1 aromatic carbocycles. The van der Waals surface area contributed by atoms with Crippen molar-refractivity contribution in [3.05, 3.63) is 35.6 Å². The molecule has 0 bridgehead atoms. The third-order valence-corrected chi connectivity index (χ3v) is 3.05. The minimum absolute atomic E-state index is 0.0833. The molecule has 1 heterocycles. The van der Waals surface area contributed by atoms with Gasteiger partial charge in [-0.05, 0) is 11.6 Å². The van der Waals surface area contributed by atoms with Crippen LogP contribution in [0.5, 0.6) is 0 Å². The Morgan fingerprint density at radius 2 is 2.11 bits per heavy atom. The lowest BCUT2D eigenvalue weighted by molar-refractivity contribution is -0.142. The first kappa shape index (κ1) is 13.5. The summed E-state index contributed by atoms with van der Waals surface area (Å²) >= 11 is 0. The van der Waals surface area contributed by atoms with Crippen molar-refractivity contribution in [2.24, 2.45) is 5.92 Å². The van der Waals surface area contributed by atoms with Crippen molar-refractivity contribution in [1.29, 1.82) is 0 Å². The SMILES string of the molecule is O=C(Cc1ccccc1F)NC1COCC1C(=O)O. The highest BCUT2D eigenvalue weighted by Gasteiger charge is 2.34. The van der Waals surface area contributed by atoms with Gasteiger partial charge in [0.25, 0.3) is 0 Å². The number of carboxylic acids is 1. The largest absolute Gasteiger partial charge is 0.481 e. The van der Waals surface area contributed by atoms with Gasteiger partial charge in [-0.1, -0.05) is 18.2 Å². The van der Waals surface area contributed by atoms with Crippen LogP contribution in [0, 0.1) is 11.7 Å². The molecule has 2 rings (SSSR count). The van der Waals surface area contributed by atoms with Gasteiger partial charge in [0, 0.05) is 0 Å². The molecule has 1 aliphatic heterocycles. The van der Waals surface area contributed by atoms with E-state index in [4.69, 9.17) is 9.84 Å². The normalized spacial score (nSPS) is 22.2. The van der Waals surface area contributed by atoms with Crippen LogP contribution < -0.4 is 5.32 Å². The Kier molecular flexibility index (Phi) is 4.11. The zero-order valence-corrected chi connectivity index (χ0v) is 10.1. The minimum atomic E-state index is -1.01. The first-order valence-corrected chi connectivity index (χ1v) is 5.91. The fourth-order valence-corrected chi connectivity index (χ4v) is 2.01. The van der Waals surface area contributed by atoms with Crippen LogP contribution in [0.1, 0.15) is 5.56 Å². The number of carboxylic acid groups (broad SMARTS) is 1. The molecule has 0 radical (unpaired) electrons. The molecule has 2 atom stereocenters. The zero-order chi connectivity index (χ0) is 13.8. The molecule has 1 amide bonds. The number of hydrogen-bond acceptors (Lipinski definition) is 3. The second-order valence-electron chi connectivity index (χ2n) is 4.42. The summed E-state index contributed by atoms with van der Waals surface area (Å²) in [5.41, 5.74) is 0.283. The Hall–Kier alpha value is -1.95. The molecule has 2 unspecified atom stereocenters. The molecule has 5 nitrogen and oxygen atoms in total. The minimum Gasteiger partial charge on any atom is -0.481 e. The van der Waals surface area contributed by atoms with Gasteiger partial charge >= 0.3 is 5.97 Å². The Balaban J connectivity index is 1.95. The Morgan fingerprint density at radius 1 is 1.37 bits per heavy atom. The lowest BCUT2D eigenvalue weighted by atomic mass is 10.0. The molecule has 1 saturated heterocycles. The Morgan fingerprint density at radius 3 is 2.79 bits per heavy atom. The topological polar surface area (TPSA) is 75.6 Å². The molecule has 0 aromatic heterocycles. The lowest BCUT2D eigenvalue weighted by Crippen LogP contribution is -2.43. The molecule has 0 saturated carbocycles. The number of rotatable bonds is 4. The molecule has 1 aliphatic rings. The monoisotopic (exact) mass is 267 g/mol. The number of hydrogen-bond donors (Lipinski definition) is 2. The summed E-state index contributed by atoms with van der Waals surface area (Å²) in [5.74, 6) is -2.61. The van der Waals surface area contributed by atoms with Crippen LogP contribution in [-0.2, 0) is 20.7 Å². The third-order valence-electron chi connectivity index (χ3n) is 3.05. The van der Waals surface area contributed by atoms with Gasteiger partial charge in [0.2, 0.25) is 5.91 Å². The molecule has 102 valence electrons. The van der Waals surface area contributed by atoms with Crippen LogP contribution in [0.15, 0.2) is 24.3 Å². The van der Waals surface area contributed by atoms with E-state index in [9.17, 15) is 14.0 Å². The molecule has 1 fully saturated rings. The van der Waals surface area contributed by atoms with Crippen LogP contribution in [0.2, 0.25) is 0 Å². The van der Waals surface area contributed by atoms with Crippen molar-refractivity contribution >= 4 is 11.9 Å². The summed E-state index contributed by atoms with van der Waals surface area (Å²) in [5, 5.41) is 11.5. The molecule has 1 aromatic rings. The van der Waals surface area contributed by atoms with E-state index >= 15 is 0 Å². The number of aliphatic carboxylic acids is 1. The highest BCUT2D eigenvalue weighted by Crippen LogP contribution is 2.14. The second kappa shape index (κ2) is 5.79. The maximum Gasteiger partial charge on any atom is 0.311 e. The summed E-state index contributed by atoms with van der Waals surface area (Å²) in [6.07, 6.45) is -0.116. The fourth-order valence-electron chi connectivity index (χ4n) is 2.01. The van der Waals surface area contributed by atoms with E-state index in [-0.39, 0.29) is 25.2 Å². The average molecular weight is 267 g/mol. The predicted molar refractivity (Wildman–Crippen MR) is 64.0 cm³/mol. The number of carbonyl (C=O) groups excluding carboxylic acids is 1. The van der Waals surface area contributed by atoms with Crippen molar-refractivity contribution in [1.82, 2.24) is 5.32 Å². The summed E-state index contributed by atoms with van der Waals surface area (Å²) in [6, 6.07) is 5.43. The summed E-state index contributed by atoms with van der Waals surface area (Å²) < 4.78 is 18.4. The maximum absolute atomic E-state index is 13.4.